The van der Waals surface area contributed by atoms with Gasteiger partial charge in [0.15, 0.2) is 0 Å². The van der Waals surface area contributed by atoms with Gasteiger partial charge in [-0.15, -0.1) is 0 Å². The summed E-state index contributed by atoms with van der Waals surface area (Å²) in [5.41, 5.74) is 3.76. The first-order valence-corrected chi connectivity index (χ1v) is 9.06. The molecule has 26 heavy (non-hydrogen) atoms. The number of aryl methyl sites for hydroxylation is 1. The summed E-state index contributed by atoms with van der Waals surface area (Å²) in [5, 5.41) is 4.20. The quantitative estimate of drug-likeness (QED) is 0.724. The molecular weight excluding hydrogens is 328 g/mol. The van der Waals surface area contributed by atoms with Gasteiger partial charge in [0, 0.05) is 25.4 Å². The molecule has 3 aromatic rings. The standard InChI is InChI=1S/C20H24N4O2/c1-14-12-18(21-26-14)19-10-7-11-23(19)13-17-15(2)22(3)24(20(17)25)16-8-5-4-6-9-16/h4-6,8-9,12,19H,7,10-11,13H2,1-3H3/t19-/m0/s1. The molecule has 0 saturated carbocycles. The molecule has 0 radical (unpaired) electrons. The summed E-state index contributed by atoms with van der Waals surface area (Å²) in [6, 6.07) is 12.0. The minimum absolute atomic E-state index is 0.0539. The number of benzene rings is 1. The Morgan fingerprint density at radius 3 is 2.69 bits per heavy atom. The lowest BCUT2D eigenvalue weighted by atomic mass is 10.1. The van der Waals surface area contributed by atoms with E-state index in [2.05, 4.69) is 10.1 Å². The fourth-order valence-electron chi connectivity index (χ4n) is 3.90. The molecule has 3 heterocycles. The van der Waals surface area contributed by atoms with Crippen molar-refractivity contribution < 1.29 is 4.52 Å². The van der Waals surface area contributed by atoms with Crippen molar-refractivity contribution in [2.24, 2.45) is 7.05 Å². The van der Waals surface area contributed by atoms with Crippen LogP contribution in [0.3, 0.4) is 0 Å². The minimum atomic E-state index is 0.0539. The van der Waals surface area contributed by atoms with Crippen molar-refractivity contribution >= 4 is 0 Å². The molecule has 2 aromatic heterocycles. The van der Waals surface area contributed by atoms with Crippen LogP contribution in [0.15, 0.2) is 45.7 Å². The van der Waals surface area contributed by atoms with Crippen LogP contribution in [0.2, 0.25) is 0 Å². The second-order valence-corrected chi connectivity index (χ2v) is 7.03. The molecule has 0 unspecified atom stereocenters. The Morgan fingerprint density at radius 1 is 1.23 bits per heavy atom. The molecule has 1 fully saturated rings. The van der Waals surface area contributed by atoms with Gasteiger partial charge in [-0.05, 0) is 45.4 Å². The Bertz CT molecular complexity index is 968. The van der Waals surface area contributed by atoms with E-state index in [-0.39, 0.29) is 11.6 Å². The molecular formula is C20H24N4O2. The van der Waals surface area contributed by atoms with Crippen LogP contribution in [-0.4, -0.2) is 26.0 Å². The Kier molecular flexibility index (Phi) is 4.28. The predicted octanol–water partition coefficient (Wildman–Crippen LogP) is 3.12. The summed E-state index contributed by atoms with van der Waals surface area (Å²) in [5.74, 6) is 0.828. The average Bonchev–Trinajstić information content (AvgIpc) is 3.32. The normalized spacial score (nSPS) is 17.9. The lowest BCUT2D eigenvalue weighted by Gasteiger charge is -2.22. The van der Waals surface area contributed by atoms with Gasteiger partial charge in [-0.25, -0.2) is 4.68 Å². The first-order valence-electron chi connectivity index (χ1n) is 9.06. The van der Waals surface area contributed by atoms with Gasteiger partial charge < -0.3 is 4.52 Å². The highest BCUT2D eigenvalue weighted by molar-refractivity contribution is 5.33. The first kappa shape index (κ1) is 16.8. The number of nitrogens with zero attached hydrogens (tertiary/aromatic N) is 4. The van der Waals surface area contributed by atoms with Gasteiger partial charge >= 0.3 is 0 Å². The summed E-state index contributed by atoms with van der Waals surface area (Å²) >= 11 is 0. The summed E-state index contributed by atoms with van der Waals surface area (Å²) in [6.07, 6.45) is 2.15. The van der Waals surface area contributed by atoms with E-state index in [1.165, 1.54) is 0 Å². The molecule has 1 atom stereocenters. The van der Waals surface area contributed by atoms with Gasteiger partial charge in [-0.1, -0.05) is 23.4 Å². The van der Waals surface area contributed by atoms with E-state index in [4.69, 9.17) is 4.52 Å². The van der Waals surface area contributed by atoms with E-state index in [1.807, 2.05) is 62.0 Å². The molecule has 0 aliphatic carbocycles. The van der Waals surface area contributed by atoms with E-state index in [9.17, 15) is 4.79 Å². The summed E-state index contributed by atoms with van der Waals surface area (Å²) < 4.78 is 8.95. The molecule has 136 valence electrons. The molecule has 4 rings (SSSR count). The van der Waals surface area contributed by atoms with Crippen LogP contribution < -0.4 is 5.56 Å². The van der Waals surface area contributed by atoms with Crippen LogP contribution in [0, 0.1) is 13.8 Å². The van der Waals surface area contributed by atoms with E-state index < -0.39 is 0 Å². The second kappa shape index (κ2) is 6.61. The van der Waals surface area contributed by atoms with Crippen LogP contribution in [0.25, 0.3) is 5.69 Å². The van der Waals surface area contributed by atoms with Crippen molar-refractivity contribution in [3.63, 3.8) is 0 Å². The maximum absolute atomic E-state index is 13.1. The van der Waals surface area contributed by atoms with Gasteiger partial charge in [0.25, 0.3) is 5.56 Å². The Balaban J connectivity index is 1.68. The van der Waals surface area contributed by atoms with Crippen molar-refractivity contribution in [1.82, 2.24) is 19.4 Å². The maximum atomic E-state index is 13.1. The van der Waals surface area contributed by atoms with E-state index >= 15 is 0 Å². The number of hydrogen-bond acceptors (Lipinski definition) is 4. The highest BCUT2D eigenvalue weighted by Gasteiger charge is 2.30. The zero-order valence-electron chi connectivity index (χ0n) is 15.5. The molecule has 1 aliphatic rings. The summed E-state index contributed by atoms with van der Waals surface area (Å²) in [6.45, 7) is 5.53. The molecule has 6 heteroatoms. The van der Waals surface area contributed by atoms with E-state index in [0.717, 1.165) is 47.8 Å². The van der Waals surface area contributed by atoms with Gasteiger partial charge in [0.2, 0.25) is 0 Å². The van der Waals surface area contributed by atoms with E-state index in [0.29, 0.717) is 6.54 Å². The highest BCUT2D eigenvalue weighted by atomic mass is 16.5. The third-order valence-electron chi connectivity index (χ3n) is 5.39. The topological polar surface area (TPSA) is 56.2 Å². The van der Waals surface area contributed by atoms with Crippen molar-refractivity contribution in [3.05, 3.63) is 69.5 Å². The number of aromatic nitrogens is 3. The van der Waals surface area contributed by atoms with Crippen LogP contribution >= 0.6 is 0 Å². The van der Waals surface area contributed by atoms with Crippen LogP contribution in [0.5, 0.6) is 0 Å². The second-order valence-electron chi connectivity index (χ2n) is 7.03. The van der Waals surface area contributed by atoms with E-state index in [1.54, 1.807) is 4.68 Å². The third-order valence-corrected chi connectivity index (χ3v) is 5.39. The lowest BCUT2D eigenvalue weighted by Crippen LogP contribution is -2.27. The zero-order chi connectivity index (χ0) is 18.3. The molecule has 0 bridgehead atoms. The minimum Gasteiger partial charge on any atom is -0.361 e. The molecule has 0 amide bonds. The largest absolute Gasteiger partial charge is 0.361 e. The SMILES string of the molecule is Cc1cc([C@@H]2CCCN2Cc2c(C)n(C)n(-c3ccccc3)c2=O)no1. The van der Waals surface area contributed by atoms with Gasteiger partial charge in [0.1, 0.15) is 11.5 Å². The predicted molar refractivity (Wildman–Crippen MR) is 99.4 cm³/mol. The van der Waals surface area contributed by atoms with Crippen molar-refractivity contribution in [2.75, 3.05) is 6.54 Å². The lowest BCUT2D eigenvalue weighted by molar-refractivity contribution is 0.235. The van der Waals surface area contributed by atoms with Crippen molar-refractivity contribution in [1.29, 1.82) is 0 Å². The molecule has 0 N–H and O–H groups in total. The molecule has 1 aromatic carbocycles. The summed E-state index contributed by atoms with van der Waals surface area (Å²) in [4.78, 5) is 15.5. The monoisotopic (exact) mass is 352 g/mol. The number of rotatable bonds is 4. The number of para-hydroxylation sites is 1. The highest BCUT2D eigenvalue weighted by Crippen LogP contribution is 2.32. The van der Waals surface area contributed by atoms with Crippen molar-refractivity contribution in [3.8, 4) is 5.69 Å². The van der Waals surface area contributed by atoms with Crippen LogP contribution in [0.1, 0.15) is 41.6 Å². The van der Waals surface area contributed by atoms with Crippen LogP contribution in [0.4, 0.5) is 0 Å². The number of likely N-dealkylation sites (tertiary alicyclic amines) is 1. The number of hydrogen-bond donors (Lipinski definition) is 0. The fraction of sp³-hybridized carbons (Fsp3) is 0.400. The van der Waals surface area contributed by atoms with Gasteiger partial charge in [-0.3, -0.25) is 14.4 Å². The van der Waals surface area contributed by atoms with Gasteiger partial charge in [0.05, 0.1) is 17.3 Å². The third kappa shape index (κ3) is 2.80. The molecule has 1 aliphatic heterocycles. The Hall–Kier alpha value is -2.60. The Labute approximate surface area is 152 Å². The molecule has 0 spiro atoms. The summed E-state index contributed by atoms with van der Waals surface area (Å²) in [7, 11) is 1.94. The zero-order valence-corrected chi connectivity index (χ0v) is 15.5. The van der Waals surface area contributed by atoms with Crippen LogP contribution in [-0.2, 0) is 13.6 Å². The Morgan fingerprint density at radius 2 is 2.00 bits per heavy atom. The maximum Gasteiger partial charge on any atom is 0.276 e. The average molecular weight is 352 g/mol. The first-order chi connectivity index (χ1) is 12.6. The molecule has 6 nitrogen and oxygen atoms in total. The smallest absolute Gasteiger partial charge is 0.276 e. The molecule has 1 saturated heterocycles. The fourth-order valence-corrected chi connectivity index (χ4v) is 3.90. The van der Waals surface area contributed by atoms with Crippen molar-refractivity contribution in [2.45, 2.75) is 39.3 Å². The van der Waals surface area contributed by atoms with Gasteiger partial charge in [-0.2, -0.15) is 0 Å².